The van der Waals surface area contributed by atoms with Gasteiger partial charge in [0.1, 0.15) is 10.7 Å². The van der Waals surface area contributed by atoms with Crippen LogP contribution in [0, 0.1) is 11.8 Å². The molecule has 2 fully saturated rings. The van der Waals surface area contributed by atoms with Crippen molar-refractivity contribution in [3.05, 3.63) is 46.6 Å². The van der Waals surface area contributed by atoms with Gasteiger partial charge in [-0.3, -0.25) is 4.79 Å². The van der Waals surface area contributed by atoms with Gasteiger partial charge in [-0.2, -0.15) is 0 Å². The summed E-state index contributed by atoms with van der Waals surface area (Å²) in [5.74, 6) is 0.533. The zero-order chi connectivity index (χ0) is 26.3. The Balaban J connectivity index is 1.42. The smallest absolute Gasteiger partial charge is 0.244 e. The number of nitrogens with zero attached hydrogens (tertiary/aromatic N) is 1. The summed E-state index contributed by atoms with van der Waals surface area (Å²) in [7, 11) is -3.97. The third-order valence-electron chi connectivity index (χ3n) is 6.92. The van der Waals surface area contributed by atoms with Crippen molar-refractivity contribution in [2.24, 2.45) is 11.8 Å². The van der Waals surface area contributed by atoms with Crippen molar-refractivity contribution in [2.45, 2.75) is 62.4 Å². The lowest BCUT2D eigenvalue weighted by Crippen LogP contribution is -2.39. The van der Waals surface area contributed by atoms with E-state index in [1.54, 1.807) is 0 Å². The number of carbonyl (C=O) groups is 1. The number of nitrogens with one attached hydrogen (secondary N) is 3. The number of halogens is 1. The number of anilines is 2. The summed E-state index contributed by atoms with van der Waals surface area (Å²) in [4.78, 5) is 16.9. The summed E-state index contributed by atoms with van der Waals surface area (Å²) in [6, 6.07) is 8.37. The van der Waals surface area contributed by atoms with E-state index < -0.39 is 16.1 Å². The minimum atomic E-state index is -3.97. The lowest BCUT2D eigenvalue weighted by atomic mass is 9.88. The quantitative estimate of drug-likeness (QED) is 0.309. The van der Waals surface area contributed by atoms with Crippen molar-refractivity contribution in [2.75, 3.05) is 30.5 Å². The Bertz CT molecular complexity index is 1170. The molecule has 1 saturated heterocycles. The molecule has 0 radical (unpaired) electrons. The van der Waals surface area contributed by atoms with Crippen LogP contribution in [-0.2, 0) is 26.1 Å². The van der Waals surface area contributed by atoms with Gasteiger partial charge < -0.3 is 20.5 Å². The Morgan fingerprint density at radius 2 is 2.00 bits per heavy atom. The van der Waals surface area contributed by atoms with Gasteiger partial charge in [-0.15, -0.1) is 0 Å². The fraction of sp³-hybridized carbons (Fsp3) is 0.538. The van der Waals surface area contributed by atoms with Gasteiger partial charge in [-0.1, -0.05) is 31.4 Å². The van der Waals surface area contributed by atoms with Crippen LogP contribution >= 0.6 is 15.9 Å². The van der Waals surface area contributed by atoms with Crippen molar-refractivity contribution < 1.29 is 23.1 Å². The maximum Gasteiger partial charge on any atom is 0.244 e. The highest BCUT2D eigenvalue weighted by Gasteiger charge is 2.27. The van der Waals surface area contributed by atoms with Crippen LogP contribution in [0.25, 0.3) is 0 Å². The summed E-state index contributed by atoms with van der Waals surface area (Å²) in [5.41, 5.74) is 1.59. The van der Waals surface area contributed by atoms with E-state index >= 15 is 0 Å². The van der Waals surface area contributed by atoms with Gasteiger partial charge in [-0.25, -0.2) is 18.1 Å². The summed E-state index contributed by atoms with van der Waals surface area (Å²) in [5, 5.41) is 16.0. The standard InChI is InChI=1S/C26H35BrN4O5S/c27-21-13-24(37(34,35)31-23(16-32)12-19-9-10-36-17-19)25(29-15-21)28-14-18-5-4-8-22(11-18)30-26(33)20-6-2-1-3-7-20/h4-5,8,11,13,15,19-20,23,31-32H,1-3,6-7,9-10,12,14,16-17H2,(H,28,29)(H,30,33). The van der Waals surface area contributed by atoms with Crippen molar-refractivity contribution >= 4 is 43.4 Å². The first-order chi connectivity index (χ1) is 17.8. The van der Waals surface area contributed by atoms with E-state index in [0.29, 0.717) is 30.7 Å². The van der Waals surface area contributed by atoms with Crippen molar-refractivity contribution in [1.29, 1.82) is 0 Å². The summed E-state index contributed by atoms with van der Waals surface area (Å²) >= 11 is 3.32. The number of ether oxygens (including phenoxy) is 1. The highest BCUT2D eigenvalue weighted by Crippen LogP contribution is 2.27. The SMILES string of the molecule is O=C(Nc1cccc(CNc2ncc(Br)cc2S(=O)(=O)NC(CO)CC2CCOC2)c1)C1CCCCC1. The number of sulfonamides is 1. The molecule has 2 unspecified atom stereocenters. The molecule has 9 nitrogen and oxygen atoms in total. The minimum Gasteiger partial charge on any atom is -0.395 e. The van der Waals surface area contributed by atoms with Crippen LogP contribution in [0.15, 0.2) is 45.9 Å². The van der Waals surface area contributed by atoms with Gasteiger partial charge in [0.15, 0.2) is 0 Å². The molecule has 4 rings (SSSR count). The van der Waals surface area contributed by atoms with E-state index in [1.807, 2.05) is 24.3 Å². The zero-order valence-corrected chi connectivity index (χ0v) is 23.2. The average Bonchev–Trinajstić information content (AvgIpc) is 3.41. The molecule has 37 heavy (non-hydrogen) atoms. The molecule has 2 atom stereocenters. The molecule has 0 spiro atoms. The largest absolute Gasteiger partial charge is 0.395 e. The third-order valence-corrected chi connectivity index (χ3v) is 8.89. The Morgan fingerprint density at radius 1 is 1.19 bits per heavy atom. The van der Waals surface area contributed by atoms with E-state index in [2.05, 4.69) is 36.3 Å². The van der Waals surface area contributed by atoms with Crippen molar-refractivity contribution in [1.82, 2.24) is 9.71 Å². The number of pyridine rings is 1. The van der Waals surface area contributed by atoms with Crippen LogP contribution in [0.1, 0.15) is 50.5 Å². The Labute approximate surface area is 227 Å². The van der Waals surface area contributed by atoms with Crippen molar-refractivity contribution in [3.8, 4) is 0 Å². The van der Waals surface area contributed by atoms with Gasteiger partial charge in [-0.05, 0) is 71.3 Å². The number of benzene rings is 1. The second-order valence-corrected chi connectivity index (χ2v) is 12.4. The maximum atomic E-state index is 13.3. The maximum absolute atomic E-state index is 13.3. The Morgan fingerprint density at radius 3 is 2.73 bits per heavy atom. The lowest BCUT2D eigenvalue weighted by molar-refractivity contribution is -0.120. The van der Waals surface area contributed by atoms with Crippen LogP contribution in [-0.4, -0.2) is 50.3 Å². The molecule has 1 amide bonds. The van der Waals surface area contributed by atoms with Crippen LogP contribution in [0.2, 0.25) is 0 Å². The highest BCUT2D eigenvalue weighted by atomic mass is 79.9. The third kappa shape index (κ3) is 7.97. The van der Waals surface area contributed by atoms with Crippen LogP contribution in [0.4, 0.5) is 11.5 Å². The van der Waals surface area contributed by atoms with E-state index in [4.69, 9.17) is 4.74 Å². The number of rotatable bonds is 11. The number of aromatic nitrogens is 1. The monoisotopic (exact) mass is 594 g/mol. The van der Waals surface area contributed by atoms with Gasteiger partial charge in [0, 0.05) is 48.1 Å². The Kier molecular flexibility index (Phi) is 9.94. The van der Waals surface area contributed by atoms with Crippen LogP contribution < -0.4 is 15.4 Å². The molecule has 1 aromatic heterocycles. The van der Waals surface area contributed by atoms with Gasteiger partial charge in [0.2, 0.25) is 15.9 Å². The molecule has 1 aliphatic heterocycles. The molecule has 2 heterocycles. The van der Waals surface area contributed by atoms with Crippen LogP contribution in [0.5, 0.6) is 0 Å². The normalized spacial score (nSPS) is 19.5. The fourth-order valence-corrected chi connectivity index (χ4v) is 6.81. The molecule has 2 aromatic rings. The number of aliphatic hydroxyl groups is 1. The van der Waals surface area contributed by atoms with Gasteiger partial charge in [0.25, 0.3) is 0 Å². The molecular formula is C26H35BrN4O5S. The molecule has 2 aliphatic rings. The van der Waals surface area contributed by atoms with Gasteiger partial charge in [0.05, 0.1) is 6.61 Å². The predicted molar refractivity (Wildman–Crippen MR) is 146 cm³/mol. The number of amides is 1. The average molecular weight is 596 g/mol. The molecule has 1 saturated carbocycles. The first-order valence-corrected chi connectivity index (χ1v) is 15.1. The molecule has 4 N–H and O–H groups in total. The molecular weight excluding hydrogens is 560 g/mol. The van der Waals surface area contributed by atoms with Crippen molar-refractivity contribution in [3.63, 3.8) is 0 Å². The van der Waals surface area contributed by atoms with E-state index in [0.717, 1.165) is 43.4 Å². The van der Waals surface area contributed by atoms with E-state index in [-0.39, 0.29) is 35.1 Å². The first kappa shape index (κ1) is 28.0. The summed E-state index contributed by atoms with van der Waals surface area (Å²) < 4.78 is 35.1. The highest BCUT2D eigenvalue weighted by molar-refractivity contribution is 9.10. The predicted octanol–water partition coefficient (Wildman–Crippen LogP) is 4.04. The second kappa shape index (κ2) is 13.1. The molecule has 11 heteroatoms. The summed E-state index contributed by atoms with van der Waals surface area (Å²) in [6.07, 6.45) is 8.12. The fourth-order valence-electron chi connectivity index (χ4n) is 4.93. The van der Waals surface area contributed by atoms with Gasteiger partial charge >= 0.3 is 0 Å². The Hall–Kier alpha value is -2.05. The number of carbonyl (C=O) groups excluding carboxylic acids is 1. The molecule has 1 aromatic carbocycles. The van der Waals surface area contributed by atoms with E-state index in [1.165, 1.54) is 18.7 Å². The first-order valence-electron chi connectivity index (χ1n) is 12.8. The lowest BCUT2D eigenvalue weighted by Gasteiger charge is -2.21. The molecule has 0 bridgehead atoms. The number of aliphatic hydroxyl groups excluding tert-OH is 1. The minimum absolute atomic E-state index is 0.00949. The van der Waals surface area contributed by atoms with Crippen LogP contribution in [0.3, 0.4) is 0 Å². The zero-order valence-electron chi connectivity index (χ0n) is 20.8. The second-order valence-electron chi connectivity index (χ2n) is 9.84. The topological polar surface area (TPSA) is 130 Å². The number of hydrogen-bond acceptors (Lipinski definition) is 7. The summed E-state index contributed by atoms with van der Waals surface area (Å²) in [6.45, 7) is 1.24. The molecule has 1 aliphatic carbocycles. The van der Waals surface area contributed by atoms with E-state index in [9.17, 15) is 18.3 Å². The molecule has 202 valence electrons. The number of hydrogen-bond donors (Lipinski definition) is 4.